The first-order valence-electron chi connectivity index (χ1n) is 9.13. The standard InChI is InChI=1S/C20H27N4O2/c1-14-19(12-21-23-14)15-5-4-6-18(11-15)26-13-20(25)22-16-7-9-17(10-8-16)24(2)3/h5-6,11-12,16-17H,7-10,13H2,1-3H3,(H,21,23)(H,22,25). The van der Waals surface area contributed by atoms with Gasteiger partial charge in [0.1, 0.15) is 5.75 Å². The van der Waals surface area contributed by atoms with Crippen molar-refractivity contribution >= 4 is 5.91 Å². The molecule has 6 heteroatoms. The highest BCUT2D eigenvalue weighted by Gasteiger charge is 2.23. The SMILES string of the molecule is Cc1n[nH]cc1-c1c[c]cc(OCC(=O)NC2CCC(N(C)C)CC2)c1. The summed E-state index contributed by atoms with van der Waals surface area (Å²) in [4.78, 5) is 14.5. The Bertz CT molecular complexity index is 733. The topological polar surface area (TPSA) is 70.2 Å². The average Bonchev–Trinajstić information content (AvgIpc) is 3.07. The third-order valence-electron chi connectivity index (χ3n) is 5.07. The Labute approximate surface area is 154 Å². The first kappa shape index (κ1) is 18.5. The van der Waals surface area contributed by atoms with E-state index in [1.54, 1.807) is 6.07 Å². The molecule has 6 nitrogen and oxygen atoms in total. The number of carbonyl (C=O) groups is 1. The summed E-state index contributed by atoms with van der Waals surface area (Å²) in [6.07, 6.45) is 6.15. The van der Waals surface area contributed by atoms with Gasteiger partial charge in [-0.3, -0.25) is 9.89 Å². The van der Waals surface area contributed by atoms with Gasteiger partial charge in [-0.05, 0) is 76.5 Å². The largest absolute Gasteiger partial charge is 0.484 e. The number of H-pyrrole nitrogens is 1. The minimum absolute atomic E-state index is 0.0231. The van der Waals surface area contributed by atoms with Crippen LogP contribution in [0.1, 0.15) is 31.4 Å². The zero-order chi connectivity index (χ0) is 18.5. The molecule has 1 amide bonds. The summed E-state index contributed by atoms with van der Waals surface area (Å²) >= 11 is 0. The van der Waals surface area contributed by atoms with Crippen LogP contribution in [-0.4, -0.2) is 53.8 Å². The lowest BCUT2D eigenvalue weighted by Gasteiger charge is -2.32. The third-order valence-corrected chi connectivity index (χ3v) is 5.07. The Kier molecular flexibility index (Phi) is 5.93. The predicted octanol–water partition coefficient (Wildman–Crippen LogP) is 2.55. The minimum Gasteiger partial charge on any atom is -0.484 e. The van der Waals surface area contributed by atoms with E-state index in [9.17, 15) is 4.79 Å². The van der Waals surface area contributed by atoms with E-state index in [2.05, 4.69) is 40.6 Å². The molecular weight excluding hydrogens is 328 g/mol. The van der Waals surface area contributed by atoms with E-state index in [4.69, 9.17) is 4.74 Å². The fourth-order valence-corrected chi connectivity index (χ4v) is 3.49. The number of carbonyl (C=O) groups excluding carboxylic acids is 1. The van der Waals surface area contributed by atoms with E-state index < -0.39 is 0 Å². The van der Waals surface area contributed by atoms with Crippen molar-refractivity contribution < 1.29 is 9.53 Å². The highest BCUT2D eigenvalue weighted by atomic mass is 16.5. The molecule has 0 bridgehead atoms. The molecule has 1 aliphatic carbocycles. The summed E-state index contributed by atoms with van der Waals surface area (Å²) in [6, 6.07) is 9.48. The highest BCUT2D eigenvalue weighted by molar-refractivity contribution is 5.78. The molecule has 139 valence electrons. The number of nitrogens with one attached hydrogen (secondary N) is 2. The smallest absolute Gasteiger partial charge is 0.258 e. The zero-order valence-corrected chi connectivity index (χ0v) is 15.7. The molecule has 0 atom stereocenters. The summed E-state index contributed by atoms with van der Waals surface area (Å²) in [5, 5.41) is 10.1. The molecule has 0 unspecified atom stereocenters. The summed E-state index contributed by atoms with van der Waals surface area (Å²) in [6.45, 7) is 1.97. The minimum atomic E-state index is -0.0665. The van der Waals surface area contributed by atoms with E-state index in [0.29, 0.717) is 11.8 Å². The van der Waals surface area contributed by atoms with Crippen molar-refractivity contribution in [3.8, 4) is 16.9 Å². The van der Waals surface area contributed by atoms with E-state index >= 15 is 0 Å². The van der Waals surface area contributed by atoms with Gasteiger partial charge in [-0.1, -0.05) is 0 Å². The van der Waals surface area contributed by atoms with Crippen LogP contribution in [0.5, 0.6) is 5.75 Å². The molecular formula is C20H27N4O2. The second-order valence-corrected chi connectivity index (χ2v) is 7.17. The van der Waals surface area contributed by atoms with Crippen molar-refractivity contribution in [3.63, 3.8) is 0 Å². The maximum Gasteiger partial charge on any atom is 0.258 e. The molecule has 1 heterocycles. The van der Waals surface area contributed by atoms with Crippen LogP contribution in [0.2, 0.25) is 0 Å². The molecule has 2 aromatic rings. The number of ether oxygens (including phenoxy) is 1. The van der Waals surface area contributed by atoms with Crippen LogP contribution in [0.25, 0.3) is 11.1 Å². The van der Waals surface area contributed by atoms with Crippen molar-refractivity contribution in [1.82, 2.24) is 20.4 Å². The molecule has 1 radical (unpaired) electrons. The fraction of sp³-hybridized carbons (Fsp3) is 0.500. The highest BCUT2D eigenvalue weighted by Crippen LogP contribution is 2.25. The number of hydrogen-bond acceptors (Lipinski definition) is 4. The predicted molar refractivity (Wildman–Crippen MR) is 101 cm³/mol. The van der Waals surface area contributed by atoms with Crippen LogP contribution >= 0.6 is 0 Å². The van der Waals surface area contributed by atoms with Crippen molar-refractivity contribution in [3.05, 3.63) is 36.2 Å². The number of aryl methyl sites for hydroxylation is 1. The van der Waals surface area contributed by atoms with Crippen LogP contribution in [-0.2, 0) is 4.79 Å². The molecule has 0 saturated heterocycles. The van der Waals surface area contributed by atoms with Crippen LogP contribution in [0.4, 0.5) is 0 Å². The monoisotopic (exact) mass is 355 g/mol. The Balaban J connectivity index is 1.49. The van der Waals surface area contributed by atoms with E-state index in [1.165, 1.54) is 0 Å². The molecule has 1 fully saturated rings. The van der Waals surface area contributed by atoms with Gasteiger partial charge in [-0.15, -0.1) is 0 Å². The molecule has 1 saturated carbocycles. The van der Waals surface area contributed by atoms with Crippen LogP contribution in [0, 0.1) is 13.0 Å². The van der Waals surface area contributed by atoms with Crippen LogP contribution in [0.3, 0.4) is 0 Å². The van der Waals surface area contributed by atoms with Gasteiger partial charge in [0.2, 0.25) is 0 Å². The maximum atomic E-state index is 12.2. The average molecular weight is 355 g/mol. The van der Waals surface area contributed by atoms with Gasteiger partial charge in [-0.2, -0.15) is 5.10 Å². The molecule has 26 heavy (non-hydrogen) atoms. The molecule has 0 spiro atoms. The molecule has 1 aliphatic rings. The second kappa shape index (κ2) is 8.36. The normalized spacial score (nSPS) is 20.2. The van der Waals surface area contributed by atoms with E-state index in [1.807, 2.05) is 25.3 Å². The summed E-state index contributed by atoms with van der Waals surface area (Å²) in [5.74, 6) is 0.567. The van der Waals surface area contributed by atoms with Crippen molar-refractivity contribution in [2.45, 2.75) is 44.7 Å². The Morgan fingerprint density at radius 1 is 1.35 bits per heavy atom. The maximum absolute atomic E-state index is 12.2. The van der Waals surface area contributed by atoms with Crippen molar-refractivity contribution in [2.24, 2.45) is 0 Å². The van der Waals surface area contributed by atoms with Gasteiger partial charge in [0.05, 0.1) is 5.69 Å². The lowest BCUT2D eigenvalue weighted by Crippen LogP contribution is -2.43. The van der Waals surface area contributed by atoms with Gasteiger partial charge < -0.3 is 15.0 Å². The Morgan fingerprint density at radius 2 is 2.12 bits per heavy atom. The molecule has 1 aromatic heterocycles. The summed E-state index contributed by atoms with van der Waals surface area (Å²) < 4.78 is 5.67. The molecule has 1 aromatic carbocycles. The molecule has 0 aliphatic heterocycles. The van der Waals surface area contributed by atoms with Gasteiger partial charge >= 0.3 is 0 Å². The number of hydrogen-bond donors (Lipinski definition) is 2. The Hall–Kier alpha value is -2.34. The lowest BCUT2D eigenvalue weighted by molar-refractivity contribution is -0.124. The number of amides is 1. The summed E-state index contributed by atoms with van der Waals surface area (Å²) in [7, 11) is 4.24. The zero-order valence-electron chi connectivity index (χ0n) is 15.7. The van der Waals surface area contributed by atoms with Crippen LogP contribution < -0.4 is 10.1 Å². The quantitative estimate of drug-likeness (QED) is 0.835. The van der Waals surface area contributed by atoms with Crippen LogP contribution in [0.15, 0.2) is 24.4 Å². The molecule has 2 N–H and O–H groups in total. The number of aromatic amines is 1. The van der Waals surface area contributed by atoms with E-state index in [0.717, 1.165) is 42.5 Å². The lowest BCUT2D eigenvalue weighted by atomic mass is 9.90. The fourth-order valence-electron chi connectivity index (χ4n) is 3.49. The molecule has 3 rings (SSSR count). The number of rotatable bonds is 6. The summed E-state index contributed by atoms with van der Waals surface area (Å²) in [5.41, 5.74) is 2.89. The van der Waals surface area contributed by atoms with Gasteiger partial charge in [0.25, 0.3) is 5.91 Å². The first-order chi connectivity index (χ1) is 12.5. The number of nitrogens with zero attached hydrogens (tertiary/aromatic N) is 2. The van der Waals surface area contributed by atoms with Gasteiger partial charge in [0, 0.05) is 23.8 Å². The van der Waals surface area contributed by atoms with Gasteiger partial charge in [0.15, 0.2) is 6.61 Å². The Morgan fingerprint density at radius 3 is 2.77 bits per heavy atom. The second-order valence-electron chi connectivity index (χ2n) is 7.17. The van der Waals surface area contributed by atoms with Crippen molar-refractivity contribution in [2.75, 3.05) is 20.7 Å². The van der Waals surface area contributed by atoms with Crippen molar-refractivity contribution in [1.29, 1.82) is 0 Å². The number of benzene rings is 1. The first-order valence-corrected chi connectivity index (χ1v) is 9.13. The van der Waals surface area contributed by atoms with E-state index in [-0.39, 0.29) is 18.6 Å². The third kappa shape index (κ3) is 4.64. The number of aromatic nitrogens is 2. The van der Waals surface area contributed by atoms with Gasteiger partial charge in [-0.25, -0.2) is 0 Å².